The monoisotopic (exact) mass is 393 g/mol. The quantitative estimate of drug-likeness (QED) is 0.193. The van der Waals surface area contributed by atoms with Crippen LogP contribution < -0.4 is 0 Å². The van der Waals surface area contributed by atoms with Gasteiger partial charge in [-0.05, 0) is 26.0 Å². The minimum Gasteiger partial charge on any atom is -0.264 e. The van der Waals surface area contributed by atoms with E-state index in [1.807, 2.05) is 0 Å². The third-order valence-corrected chi connectivity index (χ3v) is 4.97. The van der Waals surface area contributed by atoms with Crippen molar-refractivity contribution in [2.75, 3.05) is 0 Å². The topological polar surface area (TPSA) is 55.7 Å². The van der Waals surface area contributed by atoms with Crippen LogP contribution in [0.5, 0.6) is 0 Å². The Morgan fingerprint density at radius 3 is 2.04 bits per heavy atom. The number of hydrogen-bond donors (Lipinski definition) is 0. The van der Waals surface area contributed by atoms with E-state index in [-0.39, 0.29) is 5.04 Å². The zero-order chi connectivity index (χ0) is 18.8. The normalized spacial score (nSPS) is 12.3. The molecule has 4 nitrogen and oxygen atoms in total. The first-order chi connectivity index (χ1) is 11.6. The lowest BCUT2D eigenvalue weighted by atomic mass is 10.2. The summed E-state index contributed by atoms with van der Waals surface area (Å²) in [5, 5.41) is 3.33. The van der Waals surface area contributed by atoms with Gasteiger partial charge in [-0.1, -0.05) is 35.1 Å². The predicted molar refractivity (Wildman–Crippen MR) is 84.7 cm³/mol. The van der Waals surface area contributed by atoms with Crippen LogP contribution in [-0.4, -0.2) is 13.5 Å². The summed E-state index contributed by atoms with van der Waals surface area (Å²) < 4.78 is 82.5. The van der Waals surface area contributed by atoms with E-state index >= 15 is 0 Å². The largest absolute Gasteiger partial charge is 0.364 e. The van der Waals surface area contributed by atoms with Crippen LogP contribution in [0.4, 0.5) is 17.6 Å². The molecular weight excluding hydrogens is 382 g/mol. The molecule has 2 aromatic carbocycles. The fraction of sp³-hybridized carbons (Fsp3) is 0.133. The van der Waals surface area contributed by atoms with Crippen molar-refractivity contribution in [1.29, 1.82) is 0 Å². The van der Waals surface area contributed by atoms with Crippen LogP contribution in [0.15, 0.2) is 45.3 Å². The molecule has 0 atom stereocenters. The fourth-order valence-electron chi connectivity index (χ4n) is 1.76. The van der Waals surface area contributed by atoms with Gasteiger partial charge in [-0.2, -0.15) is 8.42 Å². The summed E-state index contributed by atoms with van der Waals surface area (Å²) in [6.07, 6.45) is 0. The Hall–Kier alpha value is -2.07. The maximum atomic E-state index is 13.8. The molecule has 0 N–H and O–H groups in total. The van der Waals surface area contributed by atoms with Crippen molar-refractivity contribution in [2.24, 2.45) is 5.16 Å². The second-order valence-corrected chi connectivity index (χ2v) is 7.50. The third-order valence-electron chi connectivity index (χ3n) is 2.97. The van der Waals surface area contributed by atoms with Crippen molar-refractivity contribution in [3.05, 3.63) is 59.2 Å². The van der Waals surface area contributed by atoms with E-state index in [1.54, 1.807) is 30.3 Å². The van der Waals surface area contributed by atoms with Crippen molar-refractivity contribution >= 4 is 26.9 Å². The average molecular weight is 393 g/mol. The van der Waals surface area contributed by atoms with Crippen LogP contribution in [0.2, 0.25) is 0 Å². The van der Waals surface area contributed by atoms with Gasteiger partial charge in [0.2, 0.25) is 0 Å². The first-order valence-corrected chi connectivity index (χ1v) is 8.91. The summed E-state index contributed by atoms with van der Waals surface area (Å²) in [5.41, 5.74) is -0.978. The summed E-state index contributed by atoms with van der Waals surface area (Å²) in [7, 11) is -5.20. The highest BCUT2D eigenvalue weighted by atomic mass is 32.2. The zero-order valence-electron chi connectivity index (χ0n) is 12.9. The van der Waals surface area contributed by atoms with Crippen LogP contribution in [0, 0.1) is 30.2 Å². The smallest absolute Gasteiger partial charge is 0.264 e. The highest BCUT2D eigenvalue weighted by molar-refractivity contribution is 8.13. The van der Waals surface area contributed by atoms with Gasteiger partial charge in [0, 0.05) is 10.5 Å². The number of hydrogen-bond acceptors (Lipinski definition) is 5. The molecule has 10 heteroatoms. The second kappa shape index (κ2) is 7.44. The van der Waals surface area contributed by atoms with E-state index in [0.29, 0.717) is 4.90 Å². The predicted octanol–water partition coefficient (Wildman–Crippen LogP) is 4.38. The molecule has 2 rings (SSSR count). The molecule has 0 unspecified atom stereocenters. The minimum atomic E-state index is -5.20. The Bertz CT molecular complexity index is 903. The lowest BCUT2D eigenvalue weighted by molar-refractivity contribution is 0.327. The lowest BCUT2D eigenvalue weighted by Gasteiger charge is -2.09. The summed E-state index contributed by atoms with van der Waals surface area (Å²) in [6, 6.07) is 8.65. The van der Waals surface area contributed by atoms with E-state index in [2.05, 4.69) is 9.44 Å². The Balaban J connectivity index is 2.33. The average Bonchev–Trinajstić information content (AvgIpc) is 2.57. The van der Waals surface area contributed by atoms with E-state index in [1.165, 1.54) is 6.92 Å². The van der Waals surface area contributed by atoms with Crippen molar-refractivity contribution in [3.8, 4) is 0 Å². The number of rotatable bonds is 4. The van der Waals surface area contributed by atoms with Crippen LogP contribution >= 0.6 is 11.8 Å². The number of halogens is 4. The van der Waals surface area contributed by atoms with Crippen LogP contribution in [0.1, 0.15) is 12.5 Å². The molecule has 134 valence electrons. The maximum absolute atomic E-state index is 13.8. The number of oxime groups is 1. The Labute approximate surface area is 145 Å². The molecule has 2 aromatic rings. The molecule has 0 saturated heterocycles. The molecule has 0 amide bonds. The Kier molecular flexibility index (Phi) is 5.73. The van der Waals surface area contributed by atoms with Crippen LogP contribution in [0.25, 0.3) is 0 Å². The Morgan fingerprint density at radius 2 is 1.52 bits per heavy atom. The van der Waals surface area contributed by atoms with Crippen molar-refractivity contribution in [3.63, 3.8) is 0 Å². The molecule has 0 spiro atoms. The van der Waals surface area contributed by atoms with Crippen LogP contribution in [0.3, 0.4) is 0 Å². The van der Waals surface area contributed by atoms with E-state index < -0.39 is 43.8 Å². The van der Waals surface area contributed by atoms with E-state index in [4.69, 9.17) is 0 Å². The van der Waals surface area contributed by atoms with Crippen molar-refractivity contribution in [2.45, 2.75) is 23.6 Å². The van der Waals surface area contributed by atoms with Gasteiger partial charge in [-0.25, -0.2) is 17.6 Å². The van der Waals surface area contributed by atoms with Gasteiger partial charge in [-0.3, -0.25) is 4.28 Å². The van der Waals surface area contributed by atoms with Gasteiger partial charge >= 0.3 is 10.1 Å². The minimum absolute atomic E-state index is 0.0867. The second-order valence-electron chi connectivity index (χ2n) is 4.76. The summed E-state index contributed by atoms with van der Waals surface area (Å²) in [4.78, 5) is -1.16. The van der Waals surface area contributed by atoms with Crippen LogP contribution in [-0.2, 0) is 14.4 Å². The van der Waals surface area contributed by atoms with Crippen molar-refractivity contribution in [1.82, 2.24) is 0 Å². The zero-order valence-corrected chi connectivity index (χ0v) is 14.5. The molecule has 0 fully saturated rings. The molecule has 0 aliphatic rings. The maximum Gasteiger partial charge on any atom is 0.364 e. The highest BCUT2D eigenvalue weighted by Gasteiger charge is 2.33. The number of benzene rings is 2. The lowest BCUT2D eigenvalue weighted by Crippen LogP contribution is -2.13. The van der Waals surface area contributed by atoms with Gasteiger partial charge in [0.1, 0.15) is 5.04 Å². The number of nitrogens with zero attached hydrogens (tertiary/aromatic N) is 1. The molecule has 0 radical (unpaired) electrons. The molecule has 0 saturated carbocycles. The van der Waals surface area contributed by atoms with E-state index in [0.717, 1.165) is 18.7 Å². The molecule has 0 heterocycles. The first-order valence-electron chi connectivity index (χ1n) is 6.69. The molecular formula is C15H11F4NO3S2. The molecule has 0 bridgehead atoms. The first kappa shape index (κ1) is 19.3. The highest BCUT2D eigenvalue weighted by Crippen LogP contribution is 2.28. The van der Waals surface area contributed by atoms with E-state index in [9.17, 15) is 26.0 Å². The molecule has 0 aromatic heterocycles. The fourth-order valence-corrected chi connectivity index (χ4v) is 3.42. The Morgan fingerprint density at radius 1 is 1.00 bits per heavy atom. The molecule has 25 heavy (non-hydrogen) atoms. The summed E-state index contributed by atoms with van der Waals surface area (Å²) in [6.45, 7) is 2.16. The summed E-state index contributed by atoms with van der Waals surface area (Å²) in [5.74, 6) is -7.78. The van der Waals surface area contributed by atoms with Gasteiger partial charge < -0.3 is 0 Å². The standard InChI is InChI=1S/C15H11F4NO3S2/c1-8-11(16)13(18)15(14(19)12(8)17)25(21,22)23-20-9(2)24-10-6-4-3-5-7-10/h3-7H,1-2H3. The molecule has 0 aliphatic carbocycles. The third kappa shape index (κ3) is 4.13. The van der Waals surface area contributed by atoms with Gasteiger partial charge in [0.25, 0.3) is 0 Å². The molecule has 0 aliphatic heterocycles. The number of thioether (sulfide) groups is 1. The van der Waals surface area contributed by atoms with Gasteiger partial charge in [0.15, 0.2) is 28.2 Å². The SMILES string of the molecule is CC(=NOS(=O)(=O)c1c(F)c(F)c(C)c(F)c1F)Sc1ccccc1. The van der Waals surface area contributed by atoms with Gasteiger partial charge in [-0.15, -0.1) is 0 Å². The van der Waals surface area contributed by atoms with Gasteiger partial charge in [0.05, 0.1) is 0 Å². The summed E-state index contributed by atoms with van der Waals surface area (Å²) >= 11 is 1.02. The van der Waals surface area contributed by atoms with Crippen molar-refractivity contribution < 1.29 is 30.3 Å².